The molecular formula is C16H35IN4O2. The van der Waals surface area contributed by atoms with Crippen molar-refractivity contribution in [3.63, 3.8) is 0 Å². The summed E-state index contributed by atoms with van der Waals surface area (Å²) in [5.74, 6) is 0.542. The molecule has 0 saturated heterocycles. The first kappa shape index (κ1) is 24.7. The molecule has 0 aliphatic rings. The molecule has 7 heteroatoms. The quantitative estimate of drug-likeness (QED) is 0.179. The first-order valence-corrected chi connectivity index (χ1v) is 8.27. The van der Waals surface area contributed by atoms with Gasteiger partial charge in [0.25, 0.3) is 0 Å². The Morgan fingerprint density at radius 1 is 1.17 bits per heavy atom. The minimum atomic E-state index is -0.215. The average molecular weight is 442 g/mol. The van der Waals surface area contributed by atoms with Crippen LogP contribution in [0, 0.1) is 0 Å². The predicted octanol–water partition coefficient (Wildman–Crippen LogP) is 2.23. The SMILES string of the molecule is CCNC(=NCCCN(C(C)C)C(C)C)NCCC(=O)OC.I. The number of halogens is 1. The van der Waals surface area contributed by atoms with E-state index in [2.05, 4.69) is 53.0 Å². The number of carbonyl (C=O) groups excluding carboxylic acids is 1. The number of esters is 1. The molecule has 138 valence electrons. The van der Waals surface area contributed by atoms with Gasteiger partial charge >= 0.3 is 5.97 Å². The minimum Gasteiger partial charge on any atom is -0.469 e. The normalized spacial score (nSPS) is 11.6. The summed E-state index contributed by atoms with van der Waals surface area (Å²) >= 11 is 0. The van der Waals surface area contributed by atoms with E-state index in [0.29, 0.717) is 25.0 Å². The van der Waals surface area contributed by atoms with Gasteiger partial charge < -0.3 is 15.4 Å². The number of hydrogen-bond acceptors (Lipinski definition) is 4. The fourth-order valence-electron chi connectivity index (χ4n) is 2.28. The van der Waals surface area contributed by atoms with Crippen LogP contribution in [0.2, 0.25) is 0 Å². The zero-order valence-electron chi connectivity index (χ0n) is 15.5. The van der Waals surface area contributed by atoms with E-state index >= 15 is 0 Å². The van der Waals surface area contributed by atoms with E-state index in [1.165, 1.54) is 7.11 Å². The molecule has 23 heavy (non-hydrogen) atoms. The summed E-state index contributed by atoms with van der Waals surface area (Å²) in [6.45, 7) is 14.1. The second-order valence-corrected chi connectivity index (χ2v) is 5.79. The largest absolute Gasteiger partial charge is 0.469 e. The van der Waals surface area contributed by atoms with Crippen molar-refractivity contribution in [1.29, 1.82) is 0 Å². The maximum atomic E-state index is 11.1. The number of rotatable bonds is 10. The van der Waals surface area contributed by atoms with Gasteiger partial charge in [0.1, 0.15) is 0 Å². The van der Waals surface area contributed by atoms with Crippen LogP contribution in [0.4, 0.5) is 0 Å². The Morgan fingerprint density at radius 2 is 1.78 bits per heavy atom. The van der Waals surface area contributed by atoms with E-state index in [1.54, 1.807) is 0 Å². The molecular weight excluding hydrogens is 407 g/mol. The van der Waals surface area contributed by atoms with Gasteiger partial charge in [0, 0.05) is 38.3 Å². The fourth-order valence-corrected chi connectivity index (χ4v) is 2.28. The second kappa shape index (κ2) is 15.0. The van der Waals surface area contributed by atoms with Crippen molar-refractivity contribution in [1.82, 2.24) is 15.5 Å². The van der Waals surface area contributed by atoms with Gasteiger partial charge in [0.05, 0.1) is 13.5 Å². The molecule has 0 fully saturated rings. The molecule has 0 heterocycles. The highest BCUT2D eigenvalue weighted by molar-refractivity contribution is 14.0. The van der Waals surface area contributed by atoms with E-state index in [1.807, 2.05) is 6.92 Å². The molecule has 6 nitrogen and oxygen atoms in total. The lowest BCUT2D eigenvalue weighted by molar-refractivity contribution is -0.140. The van der Waals surface area contributed by atoms with Crippen LogP contribution in [0.15, 0.2) is 4.99 Å². The number of nitrogens with one attached hydrogen (secondary N) is 2. The highest BCUT2D eigenvalue weighted by atomic mass is 127. The molecule has 0 rings (SSSR count). The molecule has 0 aliphatic carbocycles. The zero-order chi connectivity index (χ0) is 17.0. The number of methoxy groups -OCH3 is 1. The Hall–Kier alpha value is -0.570. The van der Waals surface area contributed by atoms with Gasteiger partial charge in [0.2, 0.25) is 0 Å². The summed E-state index contributed by atoms with van der Waals surface area (Å²) in [6, 6.07) is 1.10. The monoisotopic (exact) mass is 442 g/mol. The van der Waals surface area contributed by atoms with Gasteiger partial charge in [-0.05, 0) is 41.0 Å². The molecule has 2 N–H and O–H groups in total. The Balaban J connectivity index is 0. The summed E-state index contributed by atoms with van der Waals surface area (Å²) < 4.78 is 4.62. The molecule has 0 aromatic rings. The molecule has 0 bridgehead atoms. The van der Waals surface area contributed by atoms with Gasteiger partial charge in [-0.3, -0.25) is 14.7 Å². The van der Waals surface area contributed by atoms with Gasteiger partial charge in [-0.1, -0.05) is 0 Å². The first-order chi connectivity index (χ1) is 10.4. The van der Waals surface area contributed by atoms with E-state index < -0.39 is 0 Å². The number of nitrogens with zero attached hydrogens (tertiary/aromatic N) is 2. The smallest absolute Gasteiger partial charge is 0.307 e. The van der Waals surface area contributed by atoms with Crippen molar-refractivity contribution >= 4 is 35.9 Å². The fraction of sp³-hybridized carbons (Fsp3) is 0.875. The maximum Gasteiger partial charge on any atom is 0.307 e. The van der Waals surface area contributed by atoms with Crippen LogP contribution in [0.5, 0.6) is 0 Å². The van der Waals surface area contributed by atoms with Crippen molar-refractivity contribution in [3.05, 3.63) is 0 Å². The van der Waals surface area contributed by atoms with Crippen LogP contribution in [-0.2, 0) is 9.53 Å². The lowest BCUT2D eigenvalue weighted by Crippen LogP contribution is -2.39. The van der Waals surface area contributed by atoms with E-state index in [0.717, 1.165) is 32.0 Å². The average Bonchev–Trinajstić information content (AvgIpc) is 2.45. The summed E-state index contributed by atoms with van der Waals surface area (Å²) in [6.07, 6.45) is 1.36. The Morgan fingerprint density at radius 3 is 2.26 bits per heavy atom. The zero-order valence-corrected chi connectivity index (χ0v) is 17.8. The van der Waals surface area contributed by atoms with Crippen molar-refractivity contribution in [3.8, 4) is 0 Å². The summed E-state index contributed by atoms with van der Waals surface area (Å²) in [7, 11) is 1.40. The minimum absolute atomic E-state index is 0. The van der Waals surface area contributed by atoms with Gasteiger partial charge in [-0.15, -0.1) is 24.0 Å². The summed E-state index contributed by atoms with van der Waals surface area (Å²) in [4.78, 5) is 18.1. The molecule has 0 aromatic heterocycles. The van der Waals surface area contributed by atoms with E-state index in [-0.39, 0.29) is 29.9 Å². The molecule has 0 unspecified atom stereocenters. The lowest BCUT2D eigenvalue weighted by Gasteiger charge is -2.30. The molecule has 0 spiro atoms. The third-order valence-electron chi connectivity index (χ3n) is 3.36. The van der Waals surface area contributed by atoms with Crippen LogP contribution >= 0.6 is 24.0 Å². The number of guanidine groups is 1. The third kappa shape index (κ3) is 12.5. The van der Waals surface area contributed by atoms with E-state index in [9.17, 15) is 4.79 Å². The summed E-state index contributed by atoms with van der Waals surface area (Å²) in [5, 5.41) is 6.33. The molecule has 0 aromatic carbocycles. The Bertz CT molecular complexity index is 328. The molecule has 0 saturated carbocycles. The van der Waals surface area contributed by atoms with Crippen LogP contribution < -0.4 is 10.6 Å². The van der Waals surface area contributed by atoms with Crippen molar-refractivity contribution in [2.24, 2.45) is 4.99 Å². The van der Waals surface area contributed by atoms with Crippen molar-refractivity contribution in [2.75, 3.05) is 33.3 Å². The topological polar surface area (TPSA) is 66.0 Å². The number of carbonyl (C=O) groups is 1. The van der Waals surface area contributed by atoms with Gasteiger partial charge in [-0.25, -0.2) is 0 Å². The lowest BCUT2D eigenvalue weighted by atomic mass is 10.2. The molecule has 0 radical (unpaired) electrons. The third-order valence-corrected chi connectivity index (χ3v) is 3.36. The van der Waals surface area contributed by atoms with Crippen molar-refractivity contribution in [2.45, 2.75) is 59.5 Å². The Labute approximate surface area is 158 Å². The van der Waals surface area contributed by atoms with Crippen LogP contribution in [0.25, 0.3) is 0 Å². The predicted molar refractivity (Wildman–Crippen MR) is 108 cm³/mol. The molecule has 0 amide bonds. The number of aliphatic imine (C=N–C) groups is 1. The highest BCUT2D eigenvalue weighted by Gasteiger charge is 2.12. The number of ether oxygens (including phenoxy) is 1. The molecule has 0 aliphatic heterocycles. The summed E-state index contributed by atoms with van der Waals surface area (Å²) in [5.41, 5.74) is 0. The van der Waals surface area contributed by atoms with Crippen LogP contribution in [-0.4, -0.2) is 62.2 Å². The van der Waals surface area contributed by atoms with Gasteiger partial charge in [0.15, 0.2) is 5.96 Å². The maximum absolute atomic E-state index is 11.1. The van der Waals surface area contributed by atoms with Crippen molar-refractivity contribution < 1.29 is 9.53 Å². The van der Waals surface area contributed by atoms with Crippen LogP contribution in [0.3, 0.4) is 0 Å². The standard InChI is InChI=1S/C16H34N4O2.HI/c1-7-17-16(19-11-9-15(21)22-6)18-10-8-12-20(13(2)3)14(4)5;/h13-14H,7-12H2,1-6H3,(H2,17,18,19);1H. The van der Waals surface area contributed by atoms with Crippen LogP contribution in [0.1, 0.15) is 47.5 Å². The first-order valence-electron chi connectivity index (χ1n) is 8.27. The Kier molecular flexibility index (Phi) is 16.1. The van der Waals surface area contributed by atoms with Gasteiger partial charge in [-0.2, -0.15) is 0 Å². The molecule has 0 atom stereocenters. The highest BCUT2D eigenvalue weighted by Crippen LogP contribution is 2.05. The second-order valence-electron chi connectivity index (χ2n) is 5.79. The van der Waals surface area contributed by atoms with E-state index in [4.69, 9.17) is 0 Å². The number of hydrogen-bond donors (Lipinski definition) is 2.